The molecule has 0 unspecified atom stereocenters. The van der Waals surface area contributed by atoms with Crippen LogP contribution in [0.4, 0.5) is 0 Å². The van der Waals surface area contributed by atoms with Crippen LogP contribution < -0.4 is 9.47 Å². The van der Waals surface area contributed by atoms with Gasteiger partial charge in [-0.15, -0.1) is 0 Å². The third-order valence-electron chi connectivity index (χ3n) is 4.43. The van der Waals surface area contributed by atoms with E-state index in [1.807, 2.05) is 36.7 Å². The average molecular weight is 327 g/mol. The van der Waals surface area contributed by atoms with Crippen LogP contribution in [0.2, 0.25) is 0 Å². The number of fused-ring (bicyclic) bond motifs is 3. The molecule has 1 saturated heterocycles. The number of nitrogens with zero attached hydrogens (tertiary/aromatic N) is 3. The van der Waals surface area contributed by atoms with E-state index in [9.17, 15) is 0 Å². The minimum Gasteiger partial charge on any atom is -0.494 e. The Labute approximate surface area is 140 Å². The lowest BCUT2D eigenvalue weighted by molar-refractivity contribution is 0.0323. The number of benzene rings is 1. The van der Waals surface area contributed by atoms with E-state index in [-0.39, 0.29) is 0 Å². The Hall–Kier alpha value is -2.31. The molecule has 6 heteroatoms. The van der Waals surface area contributed by atoms with Gasteiger partial charge in [0.1, 0.15) is 29.1 Å². The Morgan fingerprint density at radius 3 is 2.83 bits per heavy atom. The van der Waals surface area contributed by atoms with Gasteiger partial charge in [0.15, 0.2) is 0 Å². The van der Waals surface area contributed by atoms with E-state index < -0.39 is 0 Å². The molecule has 3 aromatic rings. The fraction of sp³-hybridized carbons (Fsp3) is 0.389. The second-order valence-corrected chi connectivity index (χ2v) is 5.82. The summed E-state index contributed by atoms with van der Waals surface area (Å²) in [6.07, 6.45) is 3.83. The summed E-state index contributed by atoms with van der Waals surface area (Å²) in [6.45, 7) is 5.11. The summed E-state index contributed by atoms with van der Waals surface area (Å²) in [7, 11) is 1.67. The maximum Gasteiger partial charge on any atom is 0.147 e. The van der Waals surface area contributed by atoms with Crippen molar-refractivity contribution in [3.63, 3.8) is 0 Å². The van der Waals surface area contributed by atoms with Gasteiger partial charge in [-0.1, -0.05) is 6.07 Å². The molecule has 0 radical (unpaired) electrons. The summed E-state index contributed by atoms with van der Waals surface area (Å²) >= 11 is 0. The van der Waals surface area contributed by atoms with Crippen molar-refractivity contribution in [3.05, 3.63) is 36.7 Å². The summed E-state index contributed by atoms with van der Waals surface area (Å²) in [5, 5.41) is 0. The third kappa shape index (κ3) is 2.79. The molecule has 24 heavy (non-hydrogen) atoms. The van der Waals surface area contributed by atoms with E-state index in [1.54, 1.807) is 7.11 Å². The first-order valence-corrected chi connectivity index (χ1v) is 8.22. The topological polar surface area (TPSA) is 48.2 Å². The van der Waals surface area contributed by atoms with Crippen LogP contribution in [0.1, 0.15) is 0 Å². The van der Waals surface area contributed by atoms with Crippen LogP contribution in [-0.4, -0.2) is 60.8 Å². The zero-order valence-corrected chi connectivity index (χ0v) is 13.8. The van der Waals surface area contributed by atoms with Crippen LogP contribution in [-0.2, 0) is 4.74 Å². The van der Waals surface area contributed by atoms with Gasteiger partial charge in [0, 0.05) is 25.8 Å². The monoisotopic (exact) mass is 327 g/mol. The molecule has 0 N–H and O–H groups in total. The van der Waals surface area contributed by atoms with Crippen LogP contribution in [0.5, 0.6) is 11.5 Å². The molecule has 2 aromatic heterocycles. The number of hydrogen-bond donors (Lipinski definition) is 0. The Kier molecular flexibility index (Phi) is 4.23. The number of ether oxygens (including phenoxy) is 3. The maximum atomic E-state index is 6.01. The molecule has 0 atom stereocenters. The van der Waals surface area contributed by atoms with Gasteiger partial charge in [0.05, 0.1) is 32.0 Å². The van der Waals surface area contributed by atoms with Gasteiger partial charge in [-0.05, 0) is 18.2 Å². The highest BCUT2D eigenvalue weighted by Gasteiger charge is 2.12. The van der Waals surface area contributed by atoms with E-state index in [0.29, 0.717) is 6.61 Å². The Bertz CT molecular complexity index is 840. The van der Waals surface area contributed by atoms with Crippen molar-refractivity contribution in [2.45, 2.75) is 0 Å². The molecule has 1 aliphatic rings. The molecule has 0 bridgehead atoms. The molecule has 1 fully saturated rings. The van der Waals surface area contributed by atoms with Gasteiger partial charge in [-0.3, -0.25) is 4.90 Å². The molecule has 0 amide bonds. The highest BCUT2D eigenvalue weighted by molar-refractivity contribution is 5.85. The summed E-state index contributed by atoms with van der Waals surface area (Å²) in [4.78, 5) is 6.95. The molecule has 126 valence electrons. The first kappa shape index (κ1) is 15.2. The summed E-state index contributed by atoms with van der Waals surface area (Å²) in [5.41, 5.74) is 2.83. The largest absolute Gasteiger partial charge is 0.494 e. The predicted molar refractivity (Wildman–Crippen MR) is 92.0 cm³/mol. The molecular formula is C18H21N3O3. The SMILES string of the molecule is COc1ccn2c1cnc1c(OCCN3CCOCC3)cccc12. The highest BCUT2D eigenvalue weighted by atomic mass is 16.5. The van der Waals surface area contributed by atoms with Gasteiger partial charge < -0.3 is 18.6 Å². The first-order chi connectivity index (χ1) is 11.9. The summed E-state index contributed by atoms with van der Waals surface area (Å²) in [5.74, 6) is 1.64. The molecule has 1 aliphatic heterocycles. The van der Waals surface area contributed by atoms with Crippen molar-refractivity contribution in [2.75, 3.05) is 46.6 Å². The van der Waals surface area contributed by atoms with Gasteiger partial charge in [0.25, 0.3) is 0 Å². The molecule has 0 saturated carbocycles. The lowest BCUT2D eigenvalue weighted by atomic mass is 10.2. The second kappa shape index (κ2) is 6.67. The van der Waals surface area contributed by atoms with Crippen LogP contribution in [0, 0.1) is 0 Å². The minimum absolute atomic E-state index is 0.647. The molecule has 4 rings (SSSR count). The lowest BCUT2D eigenvalue weighted by Crippen LogP contribution is -2.38. The first-order valence-electron chi connectivity index (χ1n) is 8.22. The van der Waals surface area contributed by atoms with Crippen LogP contribution in [0.3, 0.4) is 0 Å². The van der Waals surface area contributed by atoms with Gasteiger partial charge in [-0.2, -0.15) is 0 Å². The van der Waals surface area contributed by atoms with E-state index in [0.717, 1.165) is 60.9 Å². The van der Waals surface area contributed by atoms with E-state index in [4.69, 9.17) is 14.2 Å². The third-order valence-corrected chi connectivity index (χ3v) is 4.43. The van der Waals surface area contributed by atoms with Crippen molar-refractivity contribution in [1.29, 1.82) is 0 Å². The predicted octanol–water partition coefficient (Wildman–Crippen LogP) is 2.21. The number of aromatic nitrogens is 2. The van der Waals surface area contributed by atoms with Crippen LogP contribution in [0.15, 0.2) is 36.7 Å². The molecule has 3 heterocycles. The number of hydrogen-bond acceptors (Lipinski definition) is 5. The van der Waals surface area contributed by atoms with Crippen molar-refractivity contribution < 1.29 is 14.2 Å². The van der Waals surface area contributed by atoms with Gasteiger partial charge in [-0.25, -0.2) is 4.98 Å². The normalized spacial score (nSPS) is 15.9. The van der Waals surface area contributed by atoms with E-state index in [2.05, 4.69) is 14.3 Å². The molecular weight excluding hydrogens is 306 g/mol. The van der Waals surface area contributed by atoms with Gasteiger partial charge >= 0.3 is 0 Å². The fourth-order valence-electron chi connectivity index (χ4n) is 3.12. The zero-order chi connectivity index (χ0) is 16.4. The smallest absolute Gasteiger partial charge is 0.147 e. The Balaban J connectivity index is 1.57. The number of methoxy groups -OCH3 is 1. The molecule has 0 aliphatic carbocycles. The second-order valence-electron chi connectivity index (χ2n) is 5.82. The highest BCUT2D eigenvalue weighted by Crippen LogP contribution is 2.28. The zero-order valence-electron chi connectivity index (χ0n) is 13.8. The fourth-order valence-corrected chi connectivity index (χ4v) is 3.12. The molecule has 1 aromatic carbocycles. The standard InChI is InChI=1S/C18H21N3O3/c1-22-16-5-6-21-14-3-2-4-17(18(14)19-13-15(16)21)24-12-9-20-7-10-23-11-8-20/h2-6,13H,7-12H2,1H3. The molecule has 6 nitrogen and oxygen atoms in total. The summed E-state index contributed by atoms with van der Waals surface area (Å²) < 4.78 is 18.8. The van der Waals surface area contributed by atoms with Crippen molar-refractivity contribution in [1.82, 2.24) is 14.3 Å². The van der Waals surface area contributed by atoms with Crippen LogP contribution in [0.25, 0.3) is 16.6 Å². The Morgan fingerprint density at radius 1 is 1.12 bits per heavy atom. The quantitative estimate of drug-likeness (QED) is 0.719. The number of para-hydroxylation sites is 1. The van der Waals surface area contributed by atoms with E-state index >= 15 is 0 Å². The van der Waals surface area contributed by atoms with Crippen molar-refractivity contribution >= 4 is 16.6 Å². The number of rotatable bonds is 5. The van der Waals surface area contributed by atoms with Gasteiger partial charge in [0.2, 0.25) is 0 Å². The van der Waals surface area contributed by atoms with E-state index in [1.165, 1.54) is 0 Å². The number of morpholine rings is 1. The van der Waals surface area contributed by atoms with Crippen molar-refractivity contribution in [2.24, 2.45) is 0 Å². The van der Waals surface area contributed by atoms with Crippen molar-refractivity contribution in [3.8, 4) is 11.5 Å². The maximum absolute atomic E-state index is 6.01. The summed E-state index contributed by atoms with van der Waals surface area (Å²) in [6, 6.07) is 7.97. The molecule has 0 spiro atoms. The lowest BCUT2D eigenvalue weighted by Gasteiger charge is -2.26. The minimum atomic E-state index is 0.647. The Morgan fingerprint density at radius 2 is 2.00 bits per heavy atom. The average Bonchev–Trinajstić information content (AvgIpc) is 3.06. The van der Waals surface area contributed by atoms with Crippen LogP contribution >= 0.6 is 0 Å².